The van der Waals surface area contributed by atoms with Gasteiger partial charge < -0.3 is 30.5 Å². The molecule has 0 saturated carbocycles. The smallest absolute Gasteiger partial charge is 0.407 e. The molecule has 1 aliphatic rings. The first kappa shape index (κ1) is 47.0. The molecule has 10 heteroatoms. The van der Waals surface area contributed by atoms with Gasteiger partial charge in [-0.2, -0.15) is 0 Å². The van der Waals surface area contributed by atoms with Gasteiger partial charge in [0.25, 0.3) is 0 Å². The van der Waals surface area contributed by atoms with Crippen LogP contribution in [0.2, 0.25) is 0 Å². The number of esters is 1. The number of fused-ring (bicyclic) bond motifs is 3. The molecular formula is C47H71N3O7. The van der Waals surface area contributed by atoms with Gasteiger partial charge in [-0.05, 0) is 81.5 Å². The van der Waals surface area contributed by atoms with Crippen LogP contribution in [0.5, 0.6) is 0 Å². The Labute approximate surface area is 342 Å². The Morgan fingerprint density at radius 2 is 1.25 bits per heavy atom. The van der Waals surface area contributed by atoms with Crippen molar-refractivity contribution in [3.8, 4) is 11.1 Å². The molecule has 2 unspecified atom stereocenters. The highest BCUT2D eigenvalue weighted by molar-refractivity contribution is 5.84. The van der Waals surface area contributed by atoms with Gasteiger partial charge in [0, 0.05) is 24.6 Å². The van der Waals surface area contributed by atoms with Crippen molar-refractivity contribution < 1.29 is 33.8 Å². The first-order valence-corrected chi connectivity index (χ1v) is 21.7. The highest BCUT2D eigenvalue weighted by atomic mass is 16.6. The number of rotatable bonds is 29. The zero-order valence-electron chi connectivity index (χ0n) is 35.3. The van der Waals surface area contributed by atoms with Gasteiger partial charge in [-0.15, -0.1) is 0 Å². The molecule has 4 N–H and O–H groups in total. The number of hydrogen-bond donors (Lipinski definition) is 4. The molecule has 0 heterocycles. The van der Waals surface area contributed by atoms with Crippen molar-refractivity contribution in [3.05, 3.63) is 71.9 Å². The molecule has 10 nitrogen and oxygen atoms in total. The number of aliphatic carboxylic acids is 1. The van der Waals surface area contributed by atoms with Gasteiger partial charge >= 0.3 is 18.0 Å². The minimum atomic E-state index is -1.12. The average molecular weight is 790 g/mol. The van der Waals surface area contributed by atoms with E-state index < -0.39 is 35.7 Å². The number of allylic oxidation sites excluding steroid dienone is 1. The molecule has 0 aromatic heterocycles. The summed E-state index contributed by atoms with van der Waals surface area (Å²) in [6.45, 7) is 12.4. The number of alkyl carbamates (subject to hydrolysis) is 1. The minimum absolute atomic E-state index is 0.107. The molecule has 2 aromatic rings. The van der Waals surface area contributed by atoms with Crippen LogP contribution in [0.4, 0.5) is 4.79 Å². The van der Waals surface area contributed by atoms with E-state index in [1.807, 2.05) is 36.4 Å². The van der Waals surface area contributed by atoms with Gasteiger partial charge in [0.1, 0.15) is 24.3 Å². The lowest BCUT2D eigenvalue weighted by Gasteiger charge is -2.25. The molecule has 0 bridgehead atoms. The van der Waals surface area contributed by atoms with Gasteiger partial charge in [-0.25, -0.2) is 14.4 Å². The van der Waals surface area contributed by atoms with Crippen molar-refractivity contribution in [2.45, 2.75) is 173 Å². The first-order chi connectivity index (χ1) is 27.4. The summed E-state index contributed by atoms with van der Waals surface area (Å²) in [6.07, 6.45) is 17.9. The summed E-state index contributed by atoms with van der Waals surface area (Å²) < 4.78 is 11.2. The van der Waals surface area contributed by atoms with E-state index >= 15 is 0 Å². The topological polar surface area (TPSA) is 143 Å². The van der Waals surface area contributed by atoms with Crippen molar-refractivity contribution in [3.63, 3.8) is 0 Å². The van der Waals surface area contributed by atoms with E-state index in [1.165, 1.54) is 64.2 Å². The third-order valence-electron chi connectivity index (χ3n) is 10.5. The van der Waals surface area contributed by atoms with E-state index in [9.17, 15) is 24.3 Å². The Morgan fingerprint density at radius 1 is 0.702 bits per heavy atom. The summed E-state index contributed by atoms with van der Waals surface area (Å²) in [4.78, 5) is 50.5. The molecule has 0 aliphatic heterocycles. The molecule has 316 valence electrons. The van der Waals surface area contributed by atoms with Crippen LogP contribution in [-0.4, -0.2) is 59.9 Å². The van der Waals surface area contributed by atoms with E-state index in [-0.39, 0.29) is 24.9 Å². The van der Waals surface area contributed by atoms with E-state index in [1.54, 1.807) is 20.8 Å². The van der Waals surface area contributed by atoms with Crippen molar-refractivity contribution in [2.24, 2.45) is 0 Å². The number of carboxylic acid groups (broad SMARTS) is 1. The second kappa shape index (κ2) is 25.8. The standard InChI is InChI=1S/C47H71N3O7/c1-6-7-8-9-10-11-12-13-14-15-16-17-18-30-43(51)49-42(45(54)57-47(3,4)5)32-31-35(2)48-33-24-23-29-41(44(52)53)50-46(55)56-34-40-38-27-21-19-25-36(38)37-26-20-22-28-39(37)40/h19-22,25-28,40-42,48H,2,6-18,23-24,29-34H2,1,3-5H3,(H,49,51)(H,50,55)(H,52,53). The molecule has 2 amide bonds. The van der Waals surface area contributed by atoms with E-state index in [2.05, 4.69) is 41.6 Å². The number of carboxylic acids is 1. The molecule has 0 saturated heterocycles. The zero-order valence-corrected chi connectivity index (χ0v) is 35.3. The lowest BCUT2D eigenvalue weighted by molar-refractivity contribution is -0.158. The van der Waals surface area contributed by atoms with Crippen LogP contribution in [0.1, 0.15) is 167 Å². The molecule has 3 rings (SSSR count). The van der Waals surface area contributed by atoms with Crippen molar-refractivity contribution >= 4 is 23.9 Å². The number of hydrogen-bond acceptors (Lipinski definition) is 7. The second-order valence-electron chi connectivity index (χ2n) is 16.6. The van der Waals surface area contributed by atoms with Crippen LogP contribution in [0.25, 0.3) is 11.1 Å². The number of carbonyl (C=O) groups is 4. The summed E-state index contributed by atoms with van der Waals surface area (Å²) in [5.74, 6) is -1.84. The Hall–Kier alpha value is -4.34. The highest BCUT2D eigenvalue weighted by Gasteiger charge is 2.30. The van der Waals surface area contributed by atoms with Crippen LogP contribution in [0.15, 0.2) is 60.8 Å². The summed E-state index contributed by atoms with van der Waals surface area (Å²) in [5, 5.41) is 18.5. The Kier molecular flexibility index (Phi) is 21.3. The molecule has 2 aromatic carbocycles. The fraction of sp³-hybridized carbons (Fsp3) is 0.617. The van der Waals surface area contributed by atoms with Gasteiger partial charge in [0.05, 0.1) is 0 Å². The van der Waals surface area contributed by atoms with Crippen molar-refractivity contribution in [1.29, 1.82) is 0 Å². The predicted molar refractivity (Wildman–Crippen MR) is 228 cm³/mol. The summed E-state index contributed by atoms with van der Waals surface area (Å²) in [7, 11) is 0. The molecule has 0 fully saturated rings. The SMILES string of the molecule is C=C(CCC(NC(=O)CCCCCCCCCCCCCCC)C(=O)OC(C)(C)C)NCCCCC(NC(=O)OCC1c2ccccc2-c2ccccc21)C(=O)O. The third-order valence-corrected chi connectivity index (χ3v) is 10.5. The zero-order chi connectivity index (χ0) is 41.5. The number of nitrogens with one attached hydrogen (secondary N) is 3. The number of ether oxygens (including phenoxy) is 2. The van der Waals surface area contributed by atoms with Crippen LogP contribution >= 0.6 is 0 Å². The second-order valence-corrected chi connectivity index (χ2v) is 16.6. The van der Waals surface area contributed by atoms with Gasteiger partial charge in [-0.3, -0.25) is 4.79 Å². The minimum Gasteiger partial charge on any atom is -0.480 e. The van der Waals surface area contributed by atoms with Gasteiger partial charge in [0.2, 0.25) is 5.91 Å². The average Bonchev–Trinajstić information content (AvgIpc) is 3.49. The summed E-state index contributed by atoms with van der Waals surface area (Å²) in [6, 6.07) is 14.2. The van der Waals surface area contributed by atoms with Crippen molar-refractivity contribution in [2.75, 3.05) is 13.2 Å². The summed E-state index contributed by atoms with van der Waals surface area (Å²) >= 11 is 0. The fourth-order valence-electron chi connectivity index (χ4n) is 7.38. The Balaban J connectivity index is 1.31. The van der Waals surface area contributed by atoms with E-state index in [4.69, 9.17) is 9.47 Å². The lowest BCUT2D eigenvalue weighted by atomic mass is 9.98. The monoisotopic (exact) mass is 790 g/mol. The lowest BCUT2D eigenvalue weighted by Crippen LogP contribution is -2.44. The van der Waals surface area contributed by atoms with Crippen LogP contribution < -0.4 is 16.0 Å². The maximum Gasteiger partial charge on any atom is 0.407 e. The fourth-order valence-corrected chi connectivity index (χ4v) is 7.38. The molecule has 57 heavy (non-hydrogen) atoms. The number of benzene rings is 2. The highest BCUT2D eigenvalue weighted by Crippen LogP contribution is 2.44. The molecule has 0 radical (unpaired) electrons. The molecule has 0 spiro atoms. The van der Waals surface area contributed by atoms with Crippen LogP contribution in [0.3, 0.4) is 0 Å². The third kappa shape index (κ3) is 18.2. The predicted octanol–water partition coefficient (Wildman–Crippen LogP) is 10.3. The number of carbonyl (C=O) groups excluding carboxylic acids is 3. The Morgan fingerprint density at radius 3 is 1.79 bits per heavy atom. The quantitative estimate of drug-likeness (QED) is 0.0471. The van der Waals surface area contributed by atoms with E-state index in [0.717, 1.165) is 41.5 Å². The van der Waals surface area contributed by atoms with E-state index in [0.29, 0.717) is 44.3 Å². The van der Waals surface area contributed by atoms with Crippen LogP contribution in [-0.2, 0) is 23.9 Å². The maximum atomic E-state index is 13.0. The summed E-state index contributed by atoms with van der Waals surface area (Å²) in [5.41, 5.74) is 4.43. The molecule has 2 atom stereocenters. The first-order valence-electron chi connectivity index (χ1n) is 21.7. The van der Waals surface area contributed by atoms with Gasteiger partial charge in [0.15, 0.2) is 0 Å². The number of amides is 2. The largest absolute Gasteiger partial charge is 0.480 e. The van der Waals surface area contributed by atoms with Crippen molar-refractivity contribution in [1.82, 2.24) is 16.0 Å². The molecular weight excluding hydrogens is 719 g/mol. The Bertz CT molecular complexity index is 1510. The maximum absolute atomic E-state index is 13.0. The van der Waals surface area contributed by atoms with Crippen LogP contribution in [0, 0.1) is 0 Å². The normalized spacial score (nSPS) is 13.2. The molecule has 1 aliphatic carbocycles. The number of unbranched alkanes of at least 4 members (excludes halogenated alkanes) is 13. The van der Waals surface area contributed by atoms with Gasteiger partial charge in [-0.1, -0.05) is 139 Å².